The zero-order valence-corrected chi connectivity index (χ0v) is 10.5. The first-order valence-electron chi connectivity index (χ1n) is 5.74. The summed E-state index contributed by atoms with van der Waals surface area (Å²) in [6.45, 7) is 0. The van der Waals surface area contributed by atoms with E-state index in [1.54, 1.807) is 30.3 Å². The fourth-order valence-corrected chi connectivity index (χ4v) is 1.63. The monoisotopic (exact) mass is 287 g/mol. The van der Waals surface area contributed by atoms with Crippen LogP contribution in [0.3, 0.4) is 0 Å². The molecule has 0 aliphatic heterocycles. The third-order valence-corrected chi connectivity index (χ3v) is 2.62. The van der Waals surface area contributed by atoms with Crippen LogP contribution in [0.4, 0.5) is 17.1 Å². The lowest BCUT2D eigenvalue weighted by molar-refractivity contribution is -0.394. The van der Waals surface area contributed by atoms with E-state index in [1.807, 2.05) is 0 Å². The lowest BCUT2D eigenvalue weighted by Gasteiger charge is -2.01. The number of rotatable bonds is 4. The van der Waals surface area contributed by atoms with Gasteiger partial charge in [0.25, 0.3) is 5.69 Å². The third kappa shape index (κ3) is 3.18. The highest BCUT2D eigenvalue weighted by Gasteiger charge is 2.22. The summed E-state index contributed by atoms with van der Waals surface area (Å²) in [5.74, 6) is -0.662. The first kappa shape index (κ1) is 14.1. The Hall–Kier alpha value is -3.29. The van der Waals surface area contributed by atoms with Crippen LogP contribution in [0.2, 0.25) is 0 Å². The van der Waals surface area contributed by atoms with Crippen molar-refractivity contribution in [3.8, 4) is 5.75 Å². The van der Waals surface area contributed by atoms with E-state index in [0.717, 1.165) is 12.3 Å². The molecule has 0 saturated carbocycles. The predicted molar refractivity (Wildman–Crippen MR) is 75.1 cm³/mol. The number of nitrogens with zero attached hydrogens (tertiary/aromatic N) is 3. The molecule has 0 fully saturated rings. The Bertz CT molecular complexity index is 728. The van der Waals surface area contributed by atoms with Gasteiger partial charge >= 0.3 is 5.69 Å². The maximum atomic E-state index is 10.8. The largest absolute Gasteiger partial charge is 0.502 e. The molecular formula is C13H9N3O5. The minimum absolute atomic E-state index is 0.0975. The molecule has 2 aromatic rings. The summed E-state index contributed by atoms with van der Waals surface area (Å²) < 4.78 is 0. The van der Waals surface area contributed by atoms with Crippen LogP contribution in [0.25, 0.3) is 0 Å². The van der Waals surface area contributed by atoms with Crippen LogP contribution in [-0.2, 0) is 0 Å². The van der Waals surface area contributed by atoms with Gasteiger partial charge in [0.1, 0.15) is 0 Å². The van der Waals surface area contributed by atoms with Gasteiger partial charge in [0, 0.05) is 17.8 Å². The molecule has 0 aliphatic rings. The number of nitro groups is 2. The van der Waals surface area contributed by atoms with Gasteiger partial charge in [0.2, 0.25) is 5.75 Å². The van der Waals surface area contributed by atoms with Crippen molar-refractivity contribution < 1.29 is 15.0 Å². The first-order valence-corrected chi connectivity index (χ1v) is 5.74. The average molecular weight is 287 g/mol. The van der Waals surface area contributed by atoms with Gasteiger partial charge < -0.3 is 5.11 Å². The highest BCUT2D eigenvalue weighted by atomic mass is 16.6. The summed E-state index contributed by atoms with van der Waals surface area (Å²) in [6.07, 6.45) is 1.14. The standard InChI is InChI=1S/C13H9N3O5/c17-13-9(8-14-10-4-2-1-3-5-10)6-11(15(18)19)7-12(13)16(20)21/h1-8,17H. The Morgan fingerprint density at radius 2 is 1.71 bits per heavy atom. The van der Waals surface area contributed by atoms with E-state index >= 15 is 0 Å². The van der Waals surface area contributed by atoms with E-state index in [-0.39, 0.29) is 5.56 Å². The van der Waals surface area contributed by atoms with Crippen molar-refractivity contribution in [2.75, 3.05) is 0 Å². The number of aromatic hydroxyl groups is 1. The molecule has 8 heteroatoms. The van der Waals surface area contributed by atoms with E-state index in [1.165, 1.54) is 0 Å². The van der Waals surface area contributed by atoms with Crippen LogP contribution >= 0.6 is 0 Å². The van der Waals surface area contributed by atoms with Gasteiger partial charge in [-0.25, -0.2) is 0 Å². The molecule has 2 rings (SSSR count). The van der Waals surface area contributed by atoms with Crippen molar-refractivity contribution in [3.63, 3.8) is 0 Å². The molecule has 8 nitrogen and oxygen atoms in total. The minimum atomic E-state index is -0.887. The molecule has 0 aromatic heterocycles. The summed E-state index contributed by atoms with van der Waals surface area (Å²) in [5.41, 5.74) is -0.779. The Morgan fingerprint density at radius 3 is 2.29 bits per heavy atom. The summed E-state index contributed by atoms with van der Waals surface area (Å²) in [4.78, 5) is 23.9. The van der Waals surface area contributed by atoms with Crippen molar-refractivity contribution in [2.24, 2.45) is 4.99 Å². The van der Waals surface area contributed by atoms with Gasteiger partial charge in [-0.3, -0.25) is 25.2 Å². The van der Waals surface area contributed by atoms with Gasteiger partial charge in [-0.2, -0.15) is 0 Å². The molecule has 21 heavy (non-hydrogen) atoms. The average Bonchev–Trinajstić information content (AvgIpc) is 2.46. The summed E-state index contributed by atoms with van der Waals surface area (Å²) in [7, 11) is 0. The van der Waals surface area contributed by atoms with E-state index < -0.39 is 27.0 Å². The molecule has 1 N–H and O–H groups in total. The van der Waals surface area contributed by atoms with E-state index in [0.29, 0.717) is 11.8 Å². The highest BCUT2D eigenvalue weighted by Crippen LogP contribution is 2.33. The molecule has 0 atom stereocenters. The quantitative estimate of drug-likeness (QED) is 0.526. The molecule has 2 aromatic carbocycles. The van der Waals surface area contributed by atoms with Gasteiger partial charge in [0.05, 0.1) is 21.6 Å². The normalized spacial score (nSPS) is 10.7. The second kappa shape index (κ2) is 5.78. The SMILES string of the molecule is O=[N+]([O-])c1cc(C=Nc2ccccc2)c(O)c([N+](=O)[O-])c1. The molecule has 0 spiro atoms. The lowest BCUT2D eigenvalue weighted by atomic mass is 10.1. The molecule has 0 bridgehead atoms. The smallest absolute Gasteiger partial charge is 0.318 e. The fraction of sp³-hybridized carbons (Fsp3) is 0. The molecule has 0 heterocycles. The molecular weight excluding hydrogens is 278 g/mol. The zero-order chi connectivity index (χ0) is 15.4. The summed E-state index contributed by atoms with van der Waals surface area (Å²) >= 11 is 0. The second-order valence-corrected chi connectivity index (χ2v) is 4.01. The molecule has 0 aliphatic carbocycles. The Morgan fingerprint density at radius 1 is 1.05 bits per heavy atom. The number of hydrogen-bond donors (Lipinski definition) is 1. The van der Waals surface area contributed by atoms with Gasteiger partial charge in [0.15, 0.2) is 0 Å². The number of benzene rings is 2. The van der Waals surface area contributed by atoms with Crippen LogP contribution in [0.5, 0.6) is 5.75 Å². The van der Waals surface area contributed by atoms with E-state index in [4.69, 9.17) is 0 Å². The van der Waals surface area contributed by atoms with Gasteiger partial charge in [-0.15, -0.1) is 0 Å². The van der Waals surface area contributed by atoms with Gasteiger partial charge in [-0.05, 0) is 12.1 Å². The maximum absolute atomic E-state index is 10.8. The third-order valence-electron chi connectivity index (χ3n) is 2.62. The van der Waals surface area contributed by atoms with Crippen LogP contribution in [0, 0.1) is 20.2 Å². The van der Waals surface area contributed by atoms with Crippen molar-refractivity contribution in [3.05, 3.63) is 68.3 Å². The van der Waals surface area contributed by atoms with Crippen LogP contribution in [0.15, 0.2) is 47.5 Å². The number of para-hydroxylation sites is 1. The van der Waals surface area contributed by atoms with E-state index in [9.17, 15) is 25.3 Å². The molecule has 0 amide bonds. The lowest BCUT2D eigenvalue weighted by Crippen LogP contribution is -1.96. The van der Waals surface area contributed by atoms with Crippen LogP contribution < -0.4 is 0 Å². The molecule has 0 unspecified atom stereocenters. The molecule has 0 radical (unpaired) electrons. The summed E-state index contributed by atoms with van der Waals surface area (Å²) in [5, 5.41) is 31.4. The topological polar surface area (TPSA) is 119 Å². The van der Waals surface area contributed by atoms with Gasteiger partial charge in [-0.1, -0.05) is 18.2 Å². The number of nitro benzene ring substituents is 2. The zero-order valence-electron chi connectivity index (χ0n) is 10.5. The van der Waals surface area contributed by atoms with Crippen molar-refractivity contribution >= 4 is 23.3 Å². The Labute approximate surface area is 118 Å². The number of phenols is 1. The van der Waals surface area contributed by atoms with Crippen molar-refractivity contribution in [1.82, 2.24) is 0 Å². The summed E-state index contributed by atoms with van der Waals surface area (Å²) in [6, 6.07) is 10.3. The maximum Gasteiger partial charge on any atom is 0.318 e. The minimum Gasteiger partial charge on any atom is -0.502 e. The van der Waals surface area contributed by atoms with Crippen LogP contribution in [0.1, 0.15) is 5.56 Å². The first-order chi connectivity index (χ1) is 9.99. The number of aliphatic imine (C=N–C) groups is 1. The second-order valence-electron chi connectivity index (χ2n) is 4.01. The van der Waals surface area contributed by atoms with Crippen LogP contribution in [-0.4, -0.2) is 21.2 Å². The van der Waals surface area contributed by atoms with E-state index in [2.05, 4.69) is 4.99 Å². The number of phenolic OH excluding ortho intramolecular Hbond substituents is 1. The number of non-ortho nitro benzene ring substituents is 1. The predicted octanol–water partition coefficient (Wildman–Crippen LogP) is 2.96. The fourth-order valence-electron chi connectivity index (χ4n) is 1.63. The Balaban J connectivity index is 2.50. The molecule has 0 saturated heterocycles. The molecule has 106 valence electrons. The van der Waals surface area contributed by atoms with Crippen molar-refractivity contribution in [2.45, 2.75) is 0 Å². The number of hydrogen-bond acceptors (Lipinski definition) is 6. The highest BCUT2D eigenvalue weighted by molar-refractivity contribution is 5.88. The van der Waals surface area contributed by atoms with Crippen molar-refractivity contribution in [1.29, 1.82) is 0 Å². The Kier molecular flexibility index (Phi) is 3.89.